The quantitative estimate of drug-likeness (QED) is 0.713. The van der Waals surface area contributed by atoms with Crippen molar-refractivity contribution in [2.45, 2.75) is 19.5 Å². The van der Waals surface area contributed by atoms with E-state index in [0.717, 1.165) is 29.3 Å². The highest BCUT2D eigenvalue weighted by Crippen LogP contribution is 2.29. The Morgan fingerprint density at radius 2 is 1.96 bits per heavy atom. The van der Waals surface area contributed by atoms with Crippen LogP contribution in [0, 0.1) is 0 Å². The highest BCUT2D eigenvalue weighted by molar-refractivity contribution is 5.43. The van der Waals surface area contributed by atoms with Gasteiger partial charge >= 0.3 is 0 Å². The van der Waals surface area contributed by atoms with E-state index >= 15 is 0 Å². The minimum atomic E-state index is 0.136. The standard InChI is InChI=1S/C20H23N3O2/c1-15(18-9-8-17(24-2)12-20(18)25-3)22-13-16-6-4-5-7-19(16)23-11-10-21-14-23/h4-12,14-15,22H,13H2,1-3H3. The maximum atomic E-state index is 5.51. The summed E-state index contributed by atoms with van der Waals surface area (Å²) in [5.74, 6) is 1.61. The molecule has 3 aromatic rings. The van der Waals surface area contributed by atoms with Crippen LogP contribution in [-0.4, -0.2) is 23.8 Å². The van der Waals surface area contributed by atoms with E-state index in [4.69, 9.17) is 9.47 Å². The Balaban J connectivity index is 1.76. The van der Waals surface area contributed by atoms with Crippen LogP contribution in [0.3, 0.4) is 0 Å². The molecule has 1 heterocycles. The van der Waals surface area contributed by atoms with Gasteiger partial charge in [0.2, 0.25) is 0 Å². The number of methoxy groups -OCH3 is 2. The van der Waals surface area contributed by atoms with Gasteiger partial charge < -0.3 is 19.4 Å². The predicted octanol–water partition coefficient (Wildman–Crippen LogP) is 3.74. The Kier molecular flexibility index (Phi) is 5.36. The van der Waals surface area contributed by atoms with Crippen molar-refractivity contribution in [1.29, 1.82) is 0 Å². The van der Waals surface area contributed by atoms with Crippen LogP contribution in [0.2, 0.25) is 0 Å². The van der Waals surface area contributed by atoms with Gasteiger partial charge in [0.15, 0.2) is 0 Å². The lowest BCUT2D eigenvalue weighted by Crippen LogP contribution is -2.19. The summed E-state index contributed by atoms with van der Waals surface area (Å²) >= 11 is 0. The molecule has 5 nitrogen and oxygen atoms in total. The molecule has 0 spiro atoms. The second kappa shape index (κ2) is 7.85. The van der Waals surface area contributed by atoms with E-state index < -0.39 is 0 Å². The Morgan fingerprint density at radius 1 is 1.12 bits per heavy atom. The van der Waals surface area contributed by atoms with E-state index in [1.807, 2.05) is 41.4 Å². The van der Waals surface area contributed by atoms with Crippen molar-refractivity contribution < 1.29 is 9.47 Å². The number of rotatable bonds is 7. The Bertz CT molecular complexity index is 816. The second-order valence-corrected chi connectivity index (χ2v) is 5.81. The van der Waals surface area contributed by atoms with E-state index in [-0.39, 0.29) is 6.04 Å². The predicted molar refractivity (Wildman–Crippen MR) is 98.4 cm³/mol. The third kappa shape index (κ3) is 3.83. The van der Waals surface area contributed by atoms with Gasteiger partial charge in [-0.15, -0.1) is 0 Å². The maximum absolute atomic E-state index is 5.51. The van der Waals surface area contributed by atoms with Crippen LogP contribution in [0.1, 0.15) is 24.1 Å². The van der Waals surface area contributed by atoms with Gasteiger partial charge in [0.25, 0.3) is 0 Å². The fourth-order valence-electron chi connectivity index (χ4n) is 2.86. The molecule has 0 amide bonds. The summed E-state index contributed by atoms with van der Waals surface area (Å²) in [6.45, 7) is 2.87. The zero-order valence-electron chi connectivity index (χ0n) is 14.8. The summed E-state index contributed by atoms with van der Waals surface area (Å²) < 4.78 is 12.8. The van der Waals surface area contributed by atoms with E-state index in [9.17, 15) is 0 Å². The Hall–Kier alpha value is -2.79. The third-order valence-corrected chi connectivity index (χ3v) is 4.28. The third-order valence-electron chi connectivity index (χ3n) is 4.28. The second-order valence-electron chi connectivity index (χ2n) is 5.81. The zero-order valence-corrected chi connectivity index (χ0v) is 14.8. The summed E-state index contributed by atoms with van der Waals surface area (Å²) in [6.07, 6.45) is 5.55. The Morgan fingerprint density at radius 3 is 2.68 bits per heavy atom. The van der Waals surface area contributed by atoms with Gasteiger partial charge in [-0.05, 0) is 24.6 Å². The zero-order chi connectivity index (χ0) is 17.6. The van der Waals surface area contributed by atoms with Crippen LogP contribution >= 0.6 is 0 Å². The number of benzene rings is 2. The lowest BCUT2D eigenvalue weighted by atomic mass is 10.1. The van der Waals surface area contributed by atoms with Crippen LogP contribution in [0.4, 0.5) is 0 Å². The minimum absolute atomic E-state index is 0.136. The van der Waals surface area contributed by atoms with Crippen molar-refractivity contribution in [1.82, 2.24) is 14.9 Å². The fraction of sp³-hybridized carbons (Fsp3) is 0.250. The summed E-state index contributed by atoms with van der Waals surface area (Å²) in [6, 6.07) is 14.3. The molecule has 0 aliphatic carbocycles. The van der Waals surface area contributed by atoms with Crippen molar-refractivity contribution in [3.63, 3.8) is 0 Å². The number of ether oxygens (including phenoxy) is 2. The highest BCUT2D eigenvalue weighted by Gasteiger charge is 2.13. The molecule has 25 heavy (non-hydrogen) atoms. The van der Waals surface area contributed by atoms with E-state index in [1.54, 1.807) is 20.4 Å². The average molecular weight is 337 g/mol. The monoisotopic (exact) mass is 337 g/mol. The van der Waals surface area contributed by atoms with Crippen molar-refractivity contribution in [2.24, 2.45) is 0 Å². The molecule has 0 saturated carbocycles. The minimum Gasteiger partial charge on any atom is -0.497 e. The van der Waals surface area contributed by atoms with Gasteiger partial charge in [-0.25, -0.2) is 4.98 Å². The number of nitrogens with zero attached hydrogens (tertiary/aromatic N) is 2. The largest absolute Gasteiger partial charge is 0.497 e. The number of hydrogen-bond donors (Lipinski definition) is 1. The first-order chi connectivity index (χ1) is 12.2. The van der Waals surface area contributed by atoms with Gasteiger partial charge in [0, 0.05) is 36.6 Å². The molecule has 0 saturated heterocycles. The molecular formula is C20H23N3O2. The smallest absolute Gasteiger partial charge is 0.127 e. The molecule has 1 aromatic heterocycles. The fourth-order valence-corrected chi connectivity index (χ4v) is 2.86. The van der Waals surface area contributed by atoms with Crippen LogP contribution in [0.15, 0.2) is 61.2 Å². The summed E-state index contributed by atoms with van der Waals surface area (Å²) in [5.41, 5.74) is 3.43. The molecule has 130 valence electrons. The molecule has 1 unspecified atom stereocenters. The molecule has 1 atom stereocenters. The van der Waals surface area contributed by atoms with Gasteiger partial charge in [0.1, 0.15) is 11.5 Å². The van der Waals surface area contributed by atoms with E-state index in [2.05, 4.69) is 35.4 Å². The lowest BCUT2D eigenvalue weighted by molar-refractivity contribution is 0.386. The first-order valence-electron chi connectivity index (χ1n) is 8.24. The SMILES string of the molecule is COc1ccc(C(C)NCc2ccccc2-n2ccnc2)c(OC)c1. The van der Waals surface area contributed by atoms with Crippen LogP contribution in [0.25, 0.3) is 5.69 Å². The van der Waals surface area contributed by atoms with Gasteiger partial charge in [0.05, 0.1) is 26.2 Å². The molecule has 3 rings (SSSR count). The van der Waals surface area contributed by atoms with Gasteiger partial charge in [-0.3, -0.25) is 0 Å². The lowest BCUT2D eigenvalue weighted by Gasteiger charge is -2.19. The molecule has 0 fully saturated rings. The normalized spacial score (nSPS) is 12.0. The molecular weight excluding hydrogens is 314 g/mol. The van der Waals surface area contributed by atoms with Crippen molar-refractivity contribution in [3.8, 4) is 17.2 Å². The van der Waals surface area contributed by atoms with Crippen LogP contribution in [0.5, 0.6) is 11.5 Å². The first-order valence-corrected chi connectivity index (χ1v) is 8.24. The number of hydrogen-bond acceptors (Lipinski definition) is 4. The number of imidazole rings is 1. The molecule has 2 aromatic carbocycles. The van der Waals surface area contributed by atoms with Gasteiger partial charge in [-0.2, -0.15) is 0 Å². The average Bonchev–Trinajstić information content (AvgIpc) is 3.20. The van der Waals surface area contributed by atoms with E-state index in [0.29, 0.717) is 0 Å². The van der Waals surface area contributed by atoms with Crippen molar-refractivity contribution in [3.05, 3.63) is 72.3 Å². The van der Waals surface area contributed by atoms with Gasteiger partial charge in [-0.1, -0.05) is 24.3 Å². The topological polar surface area (TPSA) is 48.3 Å². The van der Waals surface area contributed by atoms with Crippen molar-refractivity contribution >= 4 is 0 Å². The maximum Gasteiger partial charge on any atom is 0.127 e. The van der Waals surface area contributed by atoms with Crippen LogP contribution in [-0.2, 0) is 6.54 Å². The molecule has 0 radical (unpaired) electrons. The molecule has 1 N–H and O–H groups in total. The summed E-state index contributed by atoms with van der Waals surface area (Å²) in [7, 11) is 3.34. The summed E-state index contributed by atoms with van der Waals surface area (Å²) in [4.78, 5) is 4.14. The summed E-state index contributed by atoms with van der Waals surface area (Å²) in [5, 5.41) is 3.58. The molecule has 0 aliphatic rings. The first kappa shape index (κ1) is 17.0. The number of para-hydroxylation sites is 1. The Labute approximate surface area is 148 Å². The molecule has 5 heteroatoms. The van der Waals surface area contributed by atoms with E-state index in [1.165, 1.54) is 5.56 Å². The van der Waals surface area contributed by atoms with Crippen LogP contribution < -0.4 is 14.8 Å². The number of aromatic nitrogens is 2. The highest BCUT2D eigenvalue weighted by atomic mass is 16.5. The van der Waals surface area contributed by atoms with Crippen molar-refractivity contribution in [2.75, 3.05) is 14.2 Å². The molecule has 0 bridgehead atoms. The molecule has 0 aliphatic heterocycles. The number of nitrogens with one attached hydrogen (secondary N) is 1.